The normalized spacial score (nSPS) is 29.9. The number of nitrogens with one attached hydrogen (secondary N) is 1. The summed E-state index contributed by atoms with van der Waals surface area (Å²) in [6.45, 7) is 1.86. The second-order valence-electron chi connectivity index (χ2n) is 5.39. The Balaban J connectivity index is 1.53. The first-order valence-corrected chi connectivity index (χ1v) is 6.24. The summed E-state index contributed by atoms with van der Waals surface area (Å²) < 4.78 is 1.62. The molecule has 7 nitrogen and oxygen atoms in total. The fraction of sp³-hybridized carbons (Fsp3) is 0.727. The molecule has 0 aromatic carbocycles. The van der Waals surface area contributed by atoms with Gasteiger partial charge in [-0.1, -0.05) is 5.21 Å². The van der Waals surface area contributed by atoms with E-state index < -0.39 is 0 Å². The monoisotopic (exact) mass is 250 g/mol. The number of carbonyl (C=O) groups is 1. The first kappa shape index (κ1) is 11.5. The molecule has 2 amide bonds. The molecule has 1 saturated carbocycles. The Hall–Kier alpha value is -1.63. The van der Waals surface area contributed by atoms with E-state index in [9.17, 15) is 4.79 Å². The van der Waals surface area contributed by atoms with Crippen LogP contribution in [-0.2, 0) is 13.6 Å². The largest absolute Gasteiger partial charge is 0.332 e. The van der Waals surface area contributed by atoms with E-state index in [0.717, 1.165) is 25.1 Å². The van der Waals surface area contributed by atoms with E-state index in [-0.39, 0.29) is 11.6 Å². The molecule has 0 spiro atoms. The lowest BCUT2D eigenvalue weighted by Gasteiger charge is -2.39. The summed E-state index contributed by atoms with van der Waals surface area (Å²) in [5.74, 6) is 0.486. The van der Waals surface area contributed by atoms with E-state index in [0.29, 0.717) is 19.0 Å². The van der Waals surface area contributed by atoms with Crippen LogP contribution in [-0.4, -0.2) is 44.6 Å². The van der Waals surface area contributed by atoms with Crippen LogP contribution in [0, 0.1) is 5.92 Å². The lowest BCUT2D eigenvalue weighted by molar-refractivity contribution is 0.187. The third-order valence-corrected chi connectivity index (χ3v) is 4.06. The van der Waals surface area contributed by atoms with Gasteiger partial charge in [0.1, 0.15) is 5.69 Å². The molecule has 1 aliphatic heterocycles. The second-order valence-corrected chi connectivity index (χ2v) is 5.39. The summed E-state index contributed by atoms with van der Waals surface area (Å²) >= 11 is 0. The van der Waals surface area contributed by atoms with Gasteiger partial charge in [-0.2, -0.15) is 0 Å². The van der Waals surface area contributed by atoms with Crippen LogP contribution in [0.15, 0.2) is 6.20 Å². The minimum atomic E-state index is -0.121. The lowest BCUT2D eigenvalue weighted by atomic mass is 9.70. The molecule has 1 aromatic heterocycles. The molecular formula is C11H18N6O. The number of hydrogen-bond donors (Lipinski definition) is 2. The van der Waals surface area contributed by atoms with Crippen LogP contribution in [0.4, 0.5) is 4.79 Å². The molecule has 0 unspecified atom stereocenters. The van der Waals surface area contributed by atoms with Crippen LogP contribution in [0.5, 0.6) is 0 Å². The standard InChI is InChI=1S/C11H18N6O/c1-16-6-9(14-15-16)4-13-10(18)17-5-8-2-3-11(8,12)7-17/h6,8H,2-5,7,12H2,1H3,(H,13,18)/t8-,11-/m0/s1. The van der Waals surface area contributed by atoms with E-state index in [1.54, 1.807) is 17.9 Å². The number of hydrogen-bond acceptors (Lipinski definition) is 4. The van der Waals surface area contributed by atoms with Crippen molar-refractivity contribution in [1.29, 1.82) is 0 Å². The van der Waals surface area contributed by atoms with Gasteiger partial charge in [0, 0.05) is 31.9 Å². The molecule has 7 heteroatoms. The number of carbonyl (C=O) groups excluding carboxylic acids is 1. The van der Waals surface area contributed by atoms with Gasteiger partial charge in [0.2, 0.25) is 0 Å². The topological polar surface area (TPSA) is 89.1 Å². The number of likely N-dealkylation sites (tertiary alicyclic amines) is 1. The molecule has 2 atom stereocenters. The zero-order valence-corrected chi connectivity index (χ0v) is 10.5. The average Bonchev–Trinajstić information content (AvgIpc) is 2.83. The predicted molar refractivity (Wildman–Crippen MR) is 64.5 cm³/mol. The molecule has 98 valence electrons. The Labute approximate surface area is 105 Å². The average molecular weight is 250 g/mol. The van der Waals surface area contributed by atoms with Crippen LogP contribution in [0.1, 0.15) is 18.5 Å². The first-order chi connectivity index (χ1) is 8.57. The van der Waals surface area contributed by atoms with Gasteiger partial charge in [0.15, 0.2) is 0 Å². The lowest BCUT2D eigenvalue weighted by Crippen LogP contribution is -2.55. The van der Waals surface area contributed by atoms with E-state index in [4.69, 9.17) is 5.73 Å². The van der Waals surface area contributed by atoms with Gasteiger partial charge in [-0.3, -0.25) is 4.68 Å². The van der Waals surface area contributed by atoms with Crippen molar-refractivity contribution in [2.24, 2.45) is 18.7 Å². The van der Waals surface area contributed by atoms with Crippen molar-refractivity contribution >= 4 is 6.03 Å². The Kier molecular flexibility index (Phi) is 2.51. The van der Waals surface area contributed by atoms with Gasteiger partial charge < -0.3 is 16.0 Å². The minimum absolute atomic E-state index is 0.0557. The van der Waals surface area contributed by atoms with Crippen molar-refractivity contribution in [1.82, 2.24) is 25.2 Å². The number of nitrogens with zero attached hydrogens (tertiary/aromatic N) is 4. The SMILES string of the molecule is Cn1cc(CNC(=O)N2C[C@@H]3CC[C@]3(N)C2)nn1. The summed E-state index contributed by atoms with van der Waals surface area (Å²) in [6.07, 6.45) is 3.97. The molecule has 3 N–H and O–H groups in total. The first-order valence-electron chi connectivity index (χ1n) is 6.24. The van der Waals surface area contributed by atoms with Gasteiger partial charge in [0.25, 0.3) is 0 Å². The van der Waals surface area contributed by atoms with Crippen molar-refractivity contribution in [3.8, 4) is 0 Å². The van der Waals surface area contributed by atoms with E-state index in [1.807, 2.05) is 4.90 Å². The highest BCUT2D eigenvalue weighted by Gasteiger charge is 2.51. The second kappa shape index (κ2) is 3.94. The van der Waals surface area contributed by atoms with E-state index in [1.165, 1.54) is 0 Å². The number of aryl methyl sites for hydroxylation is 1. The van der Waals surface area contributed by atoms with Crippen LogP contribution < -0.4 is 11.1 Å². The van der Waals surface area contributed by atoms with Crippen molar-refractivity contribution in [3.05, 3.63) is 11.9 Å². The van der Waals surface area contributed by atoms with Crippen molar-refractivity contribution in [2.75, 3.05) is 13.1 Å². The molecule has 2 fully saturated rings. The van der Waals surface area contributed by atoms with E-state index >= 15 is 0 Å². The Morgan fingerprint density at radius 2 is 2.56 bits per heavy atom. The number of fused-ring (bicyclic) bond motifs is 1. The zero-order chi connectivity index (χ0) is 12.8. The molecule has 1 saturated heterocycles. The zero-order valence-electron chi connectivity index (χ0n) is 10.5. The fourth-order valence-corrected chi connectivity index (χ4v) is 2.80. The molecular weight excluding hydrogens is 232 g/mol. The summed E-state index contributed by atoms with van der Waals surface area (Å²) in [4.78, 5) is 13.8. The van der Waals surface area contributed by atoms with Gasteiger partial charge in [-0.15, -0.1) is 5.10 Å². The molecule has 3 rings (SSSR count). The summed E-state index contributed by atoms with van der Waals surface area (Å²) in [7, 11) is 1.80. The molecule has 1 aliphatic carbocycles. The predicted octanol–water partition coefficient (Wildman–Crippen LogP) is -0.552. The molecule has 1 aromatic rings. The van der Waals surface area contributed by atoms with Crippen molar-refractivity contribution < 1.29 is 4.79 Å². The smallest absolute Gasteiger partial charge is 0.317 e. The molecule has 0 radical (unpaired) electrons. The van der Waals surface area contributed by atoms with Crippen LogP contribution in [0.2, 0.25) is 0 Å². The summed E-state index contributed by atoms with van der Waals surface area (Å²) in [5, 5.41) is 10.6. The van der Waals surface area contributed by atoms with Gasteiger partial charge in [0.05, 0.1) is 6.54 Å². The Morgan fingerprint density at radius 1 is 1.72 bits per heavy atom. The molecule has 2 aliphatic rings. The third-order valence-electron chi connectivity index (χ3n) is 4.06. The Bertz CT molecular complexity index is 472. The quantitative estimate of drug-likeness (QED) is 0.737. The minimum Gasteiger partial charge on any atom is -0.332 e. The molecule has 2 heterocycles. The summed E-state index contributed by atoms with van der Waals surface area (Å²) in [6, 6.07) is -0.0557. The molecule has 0 bridgehead atoms. The van der Waals surface area contributed by atoms with Gasteiger partial charge in [-0.05, 0) is 18.8 Å². The van der Waals surface area contributed by atoms with Crippen molar-refractivity contribution in [2.45, 2.75) is 24.9 Å². The number of amides is 2. The maximum atomic E-state index is 12.0. The molecule has 18 heavy (non-hydrogen) atoms. The summed E-state index contributed by atoms with van der Waals surface area (Å²) in [5.41, 5.74) is 6.84. The number of nitrogens with two attached hydrogens (primary N) is 1. The fourth-order valence-electron chi connectivity index (χ4n) is 2.80. The maximum Gasteiger partial charge on any atom is 0.317 e. The third kappa shape index (κ3) is 1.84. The van der Waals surface area contributed by atoms with Crippen LogP contribution in [0.25, 0.3) is 0 Å². The van der Waals surface area contributed by atoms with Crippen LogP contribution >= 0.6 is 0 Å². The number of rotatable bonds is 2. The van der Waals surface area contributed by atoms with Gasteiger partial charge >= 0.3 is 6.03 Å². The van der Waals surface area contributed by atoms with Gasteiger partial charge in [-0.25, -0.2) is 4.79 Å². The Morgan fingerprint density at radius 3 is 3.06 bits per heavy atom. The number of aromatic nitrogens is 3. The maximum absolute atomic E-state index is 12.0. The highest BCUT2D eigenvalue weighted by atomic mass is 16.2. The van der Waals surface area contributed by atoms with Crippen molar-refractivity contribution in [3.63, 3.8) is 0 Å². The number of urea groups is 1. The van der Waals surface area contributed by atoms with E-state index in [2.05, 4.69) is 15.6 Å². The highest BCUT2D eigenvalue weighted by Crippen LogP contribution is 2.42. The van der Waals surface area contributed by atoms with Crippen LogP contribution in [0.3, 0.4) is 0 Å². The highest BCUT2D eigenvalue weighted by molar-refractivity contribution is 5.74.